The second-order valence-electron chi connectivity index (χ2n) is 8.01. The summed E-state index contributed by atoms with van der Waals surface area (Å²) in [7, 11) is 1.60. The molecule has 5 nitrogen and oxygen atoms in total. The lowest BCUT2D eigenvalue weighted by molar-refractivity contribution is -0.147. The maximum Gasteiger partial charge on any atom is 0.228 e. The first kappa shape index (κ1) is 20.8. The van der Waals surface area contributed by atoms with Gasteiger partial charge in [0, 0.05) is 44.9 Å². The first-order valence-electron chi connectivity index (χ1n) is 10.7. The largest absolute Gasteiger partial charge is 0.496 e. The molecule has 2 fully saturated rings. The van der Waals surface area contributed by atoms with Crippen molar-refractivity contribution in [3.8, 4) is 5.75 Å². The highest BCUT2D eigenvalue weighted by Crippen LogP contribution is 2.35. The van der Waals surface area contributed by atoms with E-state index in [0.717, 1.165) is 37.1 Å². The minimum atomic E-state index is -0.260. The third kappa shape index (κ3) is 4.65. The zero-order valence-electron chi connectivity index (χ0n) is 17.4. The van der Waals surface area contributed by atoms with E-state index in [9.17, 15) is 9.18 Å². The number of hydrogen-bond donors (Lipinski definition) is 0. The molecule has 2 aliphatic heterocycles. The Hall–Kier alpha value is -2.44. The Kier molecular flexibility index (Phi) is 6.65. The highest BCUT2D eigenvalue weighted by atomic mass is 19.1. The summed E-state index contributed by atoms with van der Waals surface area (Å²) >= 11 is 0. The maximum atomic E-state index is 13.6. The number of ether oxygens (including phenoxy) is 2. The molecule has 0 aliphatic carbocycles. The highest BCUT2D eigenvalue weighted by Gasteiger charge is 2.36. The van der Waals surface area contributed by atoms with E-state index >= 15 is 0 Å². The van der Waals surface area contributed by atoms with E-state index < -0.39 is 0 Å². The van der Waals surface area contributed by atoms with Gasteiger partial charge in [-0.15, -0.1) is 0 Å². The van der Waals surface area contributed by atoms with Crippen LogP contribution in [-0.2, 0) is 16.1 Å². The van der Waals surface area contributed by atoms with E-state index in [2.05, 4.69) is 4.90 Å². The van der Waals surface area contributed by atoms with Crippen molar-refractivity contribution < 1.29 is 18.7 Å². The SMILES string of the molecule is COc1ccc(F)cc1CN1CCN(C(=O)C2CCCOC2c2ccccc2)CC1. The van der Waals surface area contributed by atoms with E-state index in [-0.39, 0.29) is 23.7 Å². The Morgan fingerprint density at radius 2 is 1.90 bits per heavy atom. The number of carbonyl (C=O) groups is 1. The molecule has 2 aromatic carbocycles. The van der Waals surface area contributed by atoms with Gasteiger partial charge >= 0.3 is 0 Å². The Morgan fingerprint density at radius 3 is 2.63 bits per heavy atom. The van der Waals surface area contributed by atoms with Gasteiger partial charge in [0.2, 0.25) is 5.91 Å². The van der Waals surface area contributed by atoms with Gasteiger partial charge in [0.15, 0.2) is 0 Å². The Morgan fingerprint density at radius 1 is 1.13 bits per heavy atom. The molecule has 2 heterocycles. The van der Waals surface area contributed by atoms with Crippen molar-refractivity contribution in [2.45, 2.75) is 25.5 Å². The van der Waals surface area contributed by atoms with E-state index in [1.54, 1.807) is 13.2 Å². The standard InChI is InChI=1S/C24H29FN2O3/c1-29-22-10-9-20(25)16-19(22)17-26-11-13-27(14-12-26)24(28)21-8-5-15-30-23(21)18-6-3-2-4-7-18/h2-4,6-7,9-10,16,21,23H,5,8,11-15,17H2,1H3. The van der Waals surface area contributed by atoms with Gasteiger partial charge in [0.1, 0.15) is 11.6 Å². The summed E-state index contributed by atoms with van der Waals surface area (Å²) in [6, 6.07) is 14.7. The van der Waals surface area contributed by atoms with Gasteiger partial charge in [0.25, 0.3) is 0 Å². The van der Waals surface area contributed by atoms with E-state index in [1.165, 1.54) is 12.1 Å². The van der Waals surface area contributed by atoms with Gasteiger partial charge in [-0.2, -0.15) is 0 Å². The molecule has 2 atom stereocenters. The minimum Gasteiger partial charge on any atom is -0.496 e. The molecule has 4 rings (SSSR count). The van der Waals surface area contributed by atoms with Crippen LogP contribution in [0.15, 0.2) is 48.5 Å². The lowest BCUT2D eigenvalue weighted by Crippen LogP contribution is -2.51. The Bertz CT molecular complexity index is 853. The molecular formula is C24H29FN2O3. The molecule has 6 heteroatoms. The lowest BCUT2D eigenvalue weighted by Gasteiger charge is -2.39. The Balaban J connectivity index is 1.37. The quantitative estimate of drug-likeness (QED) is 0.752. The number of piperazine rings is 1. The molecule has 0 bridgehead atoms. The van der Waals surface area contributed by atoms with Crippen LogP contribution >= 0.6 is 0 Å². The predicted molar refractivity (Wildman–Crippen MR) is 113 cm³/mol. The molecule has 1 amide bonds. The zero-order valence-corrected chi connectivity index (χ0v) is 17.4. The van der Waals surface area contributed by atoms with Crippen molar-refractivity contribution in [3.05, 3.63) is 65.5 Å². The molecule has 160 valence electrons. The lowest BCUT2D eigenvalue weighted by atomic mass is 9.88. The van der Waals surface area contributed by atoms with E-state index in [0.29, 0.717) is 32.0 Å². The molecule has 0 radical (unpaired) electrons. The third-order valence-electron chi connectivity index (χ3n) is 6.09. The summed E-state index contributed by atoms with van der Waals surface area (Å²) in [6.07, 6.45) is 1.61. The first-order valence-corrected chi connectivity index (χ1v) is 10.7. The normalized spacial score (nSPS) is 22.7. The molecule has 0 N–H and O–H groups in total. The van der Waals surface area contributed by atoms with Gasteiger partial charge in [-0.05, 0) is 36.6 Å². The fourth-order valence-electron chi connectivity index (χ4n) is 4.48. The highest BCUT2D eigenvalue weighted by molar-refractivity contribution is 5.80. The molecule has 2 aromatic rings. The van der Waals surface area contributed by atoms with Crippen molar-refractivity contribution in [2.24, 2.45) is 5.92 Å². The molecule has 0 saturated carbocycles. The predicted octanol–water partition coefficient (Wildman–Crippen LogP) is 3.65. The van der Waals surface area contributed by atoms with Crippen LogP contribution in [0.2, 0.25) is 0 Å². The van der Waals surface area contributed by atoms with Gasteiger partial charge in [0.05, 0.1) is 19.1 Å². The maximum absolute atomic E-state index is 13.6. The van der Waals surface area contributed by atoms with Gasteiger partial charge in [-0.1, -0.05) is 30.3 Å². The monoisotopic (exact) mass is 412 g/mol. The molecule has 2 unspecified atom stereocenters. The molecule has 2 saturated heterocycles. The fraction of sp³-hybridized carbons (Fsp3) is 0.458. The second kappa shape index (κ2) is 9.58. The van der Waals surface area contributed by atoms with Crippen LogP contribution in [-0.4, -0.2) is 55.6 Å². The second-order valence-corrected chi connectivity index (χ2v) is 8.01. The number of methoxy groups -OCH3 is 1. The van der Waals surface area contributed by atoms with Gasteiger partial charge in [-0.3, -0.25) is 9.69 Å². The van der Waals surface area contributed by atoms with Crippen LogP contribution in [0.3, 0.4) is 0 Å². The molecule has 0 aromatic heterocycles. The van der Waals surface area contributed by atoms with E-state index in [1.807, 2.05) is 35.2 Å². The van der Waals surface area contributed by atoms with Gasteiger partial charge in [-0.25, -0.2) is 4.39 Å². The summed E-state index contributed by atoms with van der Waals surface area (Å²) in [5.74, 6) is 0.492. The van der Waals surface area contributed by atoms with Crippen molar-refractivity contribution in [1.29, 1.82) is 0 Å². The van der Waals surface area contributed by atoms with Crippen LogP contribution in [0.1, 0.15) is 30.1 Å². The molecular weight excluding hydrogens is 383 g/mol. The third-order valence-corrected chi connectivity index (χ3v) is 6.09. The van der Waals surface area contributed by atoms with Crippen LogP contribution in [0, 0.1) is 11.7 Å². The summed E-state index contributed by atoms with van der Waals surface area (Å²) < 4.78 is 25.0. The van der Waals surface area contributed by atoms with Crippen LogP contribution in [0.5, 0.6) is 5.75 Å². The van der Waals surface area contributed by atoms with E-state index in [4.69, 9.17) is 9.47 Å². The Labute approximate surface area is 177 Å². The molecule has 30 heavy (non-hydrogen) atoms. The van der Waals surface area contributed by atoms with Crippen molar-refractivity contribution in [1.82, 2.24) is 9.80 Å². The smallest absolute Gasteiger partial charge is 0.228 e. The zero-order chi connectivity index (χ0) is 20.9. The van der Waals surface area contributed by atoms with Crippen LogP contribution in [0.4, 0.5) is 4.39 Å². The number of nitrogens with zero attached hydrogens (tertiary/aromatic N) is 2. The fourth-order valence-corrected chi connectivity index (χ4v) is 4.48. The minimum absolute atomic E-state index is 0.129. The summed E-state index contributed by atoms with van der Waals surface area (Å²) in [5.41, 5.74) is 1.91. The summed E-state index contributed by atoms with van der Waals surface area (Å²) in [4.78, 5) is 17.5. The van der Waals surface area contributed by atoms with Gasteiger partial charge < -0.3 is 14.4 Å². The summed E-state index contributed by atoms with van der Waals surface area (Å²) in [5, 5.41) is 0. The average Bonchev–Trinajstić information content (AvgIpc) is 2.80. The summed E-state index contributed by atoms with van der Waals surface area (Å²) in [6.45, 7) is 4.18. The molecule has 0 spiro atoms. The number of rotatable bonds is 5. The van der Waals surface area contributed by atoms with Crippen molar-refractivity contribution in [2.75, 3.05) is 39.9 Å². The number of halogens is 1. The van der Waals surface area contributed by atoms with Crippen LogP contribution < -0.4 is 4.74 Å². The number of carbonyl (C=O) groups excluding carboxylic acids is 1. The number of benzene rings is 2. The first-order chi connectivity index (χ1) is 14.7. The van der Waals surface area contributed by atoms with Crippen LogP contribution in [0.25, 0.3) is 0 Å². The van der Waals surface area contributed by atoms with Crippen molar-refractivity contribution in [3.63, 3.8) is 0 Å². The van der Waals surface area contributed by atoms with Crippen molar-refractivity contribution >= 4 is 5.91 Å². The number of hydrogen-bond acceptors (Lipinski definition) is 4. The number of amides is 1. The topological polar surface area (TPSA) is 42.0 Å². The molecule has 2 aliphatic rings. The average molecular weight is 413 g/mol.